The molecule has 8 nitrogen and oxygen atoms in total. The average Bonchev–Trinajstić information content (AvgIpc) is 3.26. The third-order valence-corrected chi connectivity index (χ3v) is 5.30. The molecule has 1 atom stereocenters. The molecule has 0 unspecified atom stereocenters. The highest BCUT2D eigenvalue weighted by Crippen LogP contribution is 2.27. The molecule has 34 heavy (non-hydrogen) atoms. The van der Waals surface area contributed by atoms with Crippen molar-refractivity contribution in [1.29, 1.82) is 0 Å². The van der Waals surface area contributed by atoms with E-state index in [-0.39, 0.29) is 18.9 Å². The summed E-state index contributed by atoms with van der Waals surface area (Å²) in [6, 6.07) is 23.2. The van der Waals surface area contributed by atoms with Crippen molar-refractivity contribution in [2.75, 3.05) is 30.5 Å². The highest BCUT2D eigenvalue weighted by atomic mass is 16.5. The third kappa shape index (κ3) is 5.72. The van der Waals surface area contributed by atoms with Crippen molar-refractivity contribution < 1.29 is 28.6 Å². The molecule has 0 aliphatic carbocycles. The summed E-state index contributed by atoms with van der Waals surface area (Å²) in [4.78, 5) is 38.5. The van der Waals surface area contributed by atoms with Crippen LogP contribution in [0.3, 0.4) is 0 Å². The normalized spacial score (nSPS) is 15.0. The van der Waals surface area contributed by atoms with Crippen LogP contribution in [-0.4, -0.2) is 38.0 Å². The quantitative estimate of drug-likeness (QED) is 0.510. The van der Waals surface area contributed by atoms with Gasteiger partial charge in [0.25, 0.3) is 5.91 Å². The van der Waals surface area contributed by atoms with Crippen molar-refractivity contribution in [2.45, 2.75) is 6.42 Å². The van der Waals surface area contributed by atoms with Gasteiger partial charge in [0.05, 0.1) is 13.0 Å². The molecule has 1 aliphatic heterocycles. The fourth-order valence-corrected chi connectivity index (χ4v) is 3.56. The van der Waals surface area contributed by atoms with E-state index in [9.17, 15) is 14.4 Å². The van der Waals surface area contributed by atoms with Crippen LogP contribution in [0.15, 0.2) is 78.9 Å². The lowest BCUT2D eigenvalue weighted by molar-refractivity contribution is -0.151. The predicted octanol–water partition coefficient (Wildman–Crippen LogP) is 4.02. The van der Waals surface area contributed by atoms with Gasteiger partial charge in [-0.05, 0) is 60.7 Å². The summed E-state index contributed by atoms with van der Waals surface area (Å²) in [6.45, 7) is -0.233. The summed E-state index contributed by atoms with van der Waals surface area (Å²) >= 11 is 0. The Bertz CT molecular complexity index is 1150. The molecule has 1 fully saturated rings. The molecular formula is C26H24N2O6. The number of benzene rings is 3. The van der Waals surface area contributed by atoms with Gasteiger partial charge in [0.1, 0.15) is 17.2 Å². The van der Waals surface area contributed by atoms with Gasteiger partial charge in [-0.1, -0.05) is 18.2 Å². The summed E-state index contributed by atoms with van der Waals surface area (Å²) in [5.74, 6) is 0.166. The number of ether oxygens (including phenoxy) is 3. The summed E-state index contributed by atoms with van der Waals surface area (Å²) in [5, 5.41) is 2.67. The largest absolute Gasteiger partial charge is 0.497 e. The van der Waals surface area contributed by atoms with Crippen molar-refractivity contribution in [3.63, 3.8) is 0 Å². The number of carbonyl (C=O) groups excluding carboxylic acids is 3. The number of nitrogens with zero attached hydrogens (tertiary/aromatic N) is 1. The monoisotopic (exact) mass is 460 g/mol. The van der Waals surface area contributed by atoms with Crippen LogP contribution < -0.4 is 19.7 Å². The maximum atomic E-state index is 12.4. The van der Waals surface area contributed by atoms with E-state index < -0.39 is 24.4 Å². The molecule has 0 aromatic heterocycles. The van der Waals surface area contributed by atoms with Crippen molar-refractivity contribution in [2.24, 2.45) is 5.92 Å². The van der Waals surface area contributed by atoms with Crippen LogP contribution in [0.1, 0.15) is 6.42 Å². The van der Waals surface area contributed by atoms with Gasteiger partial charge in [-0.15, -0.1) is 0 Å². The van der Waals surface area contributed by atoms with Gasteiger partial charge in [0, 0.05) is 24.3 Å². The van der Waals surface area contributed by atoms with E-state index in [4.69, 9.17) is 14.2 Å². The number of para-hydroxylation sites is 1. The zero-order chi connectivity index (χ0) is 23.9. The molecule has 1 aliphatic rings. The topological polar surface area (TPSA) is 94.2 Å². The molecule has 0 saturated carbocycles. The molecule has 174 valence electrons. The van der Waals surface area contributed by atoms with E-state index in [1.165, 1.54) is 4.90 Å². The number of carbonyl (C=O) groups is 3. The smallest absolute Gasteiger partial charge is 0.311 e. The Labute approximate surface area is 197 Å². The molecule has 0 radical (unpaired) electrons. The maximum absolute atomic E-state index is 12.4. The average molecular weight is 460 g/mol. The minimum absolute atomic E-state index is 0.0371. The first kappa shape index (κ1) is 22.8. The van der Waals surface area contributed by atoms with Crippen LogP contribution in [0.4, 0.5) is 11.4 Å². The van der Waals surface area contributed by atoms with E-state index in [0.29, 0.717) is 28.6 Å². The Hall–Kier alpha value is -4.33. The molecule has 2 amide bonds. The Morgan fingerprint density at radius 3 is 2.24 bits per heavy atom. The zero-order valence-electron chi connectivity index (χ0n) is 18.6. The fourth-order valence-electron chi connectivity index (χ4n) is 3.56. The first-order chi connectivity index (χ1) is 16.5. The van der Waals surface area contributed by atoms with E-state index >= 15 is 0 Å². The van der Waals surface area contributed by atoms with Gasteiger partial charge >= 0.3 is 5.97 Å². The van der Waals surface area contributed by atoms with E-state index in [1.807, 2.05) is 30.3 Å². The van der Waals surface area contributed by atoms with Gasteiger partial charge in [-0.25, -0.2) is 0 Å². The molecule has 1 heterocycles. The number of hydrogen-bond donors (Lipinski definition) is 1. The number of nitrogens with one attached hydrogen (secondary N) is 1. The van der Waals surface area contributed by atoms with Crippen LogP contribution in [0.25, 0.3) is 0 Å². The van der Waals surface area contributed by atoms with Gasteiger partial charge in [-0.3, -0.25) is 14.4 Å². The fraction of sp³-hybridized carbons (Fsp3) is 0.192. The molecule has 0 spiro atoms. The lowest BCUT2D eigenvalue weighted by Crippen LogP contribution is -2.28. The van der Waals surface area contributed by atoms with Crippen LogP contribution in [0, 0.1) is 5.92 Å². The lowest BCUT2D eigenvalue weighted by atomic mass is 10.1. The minimum atomic E-state index is -0.628. The predicted molar refractivity (Wildman–Crippen MR) is 126 cm³/mol. The molecule has 1 saturated heterocycles. The Kier molecular flexibility index (Phi) is 7.07. The van der Waals surface area contributed by atoms with Crippen LogP contribution in [0.5, 0.6) is 17.2 Å². The summed E-state index contributed by atoms with van der Waals surface area (Å²) < 4.78 is 16.0. The number of hydrogen-bond acceptors (Lipinski definition) is 6. The maximum Gasteiger partial charge on any atom is 0.311 e. The van der Waals surface area contributed by atoms with Crippen molar-refractivity contribution in [3.05, 3.63) is 78.9 Å². The first-order valence-corrected chi connectivity index (χ1v) is 10.8. The summed E-state index contributed by atoms with van der Waals surface area (Å²) in [5.41, 5.74) is 1.22. The van der Waals surface area contributed by atoms with Gasteiger partial charge in [-0.2, -0.15) is 0 Å². The van der Waals surface area contributed by atoms with Crippen molar-refractivity contribution in [1.82, 2.24) is 0 Å². The molecule has 4 rings (SSSR count). The summed E-state index contributed by atoms with van der Waals surface area (Å²) in [7, 11) is 1.56. The Morgan fingerprint density at radius 2 is 1.56 bits per heavy atom. The highest BCUT2D eigenvalue weighted by molar-refractivity contribution is 6.00. The number of methoxy groups -OCH3 is 1. The molecule has 1 N–H and O–H groups in total. The van der Waals surface area contributed by atoms with E-state index in [1.54, 1.807) is 55.6 Å². The summed E-state index contributed by atoms with van der Waals surface area (Å²) in [6.07, 6.45) is 0.0371. The highest BCUT2D eigenvalue weighted by Gasteiger charge is 2.36. The standard InChI is InChI=1S/C26H24N2O6/c1-32-21-13-9-20(10-14-21)28-16-18(15-25(28)30)26(31)33-17-24(29)27-19-7-11-23(12-8-19)34-22-5-3-2-4-6-22/h2-14,18H,15-17H2,1H3,(H,27,29)/t18-/m1/s1. The molecule has 8 heteroatoms. The Morgan fingerprint density at radius 1 is 0.912 bits per heavy atom. The molecule has 3 aromatic rings. The number of anilines is 2. The number of esters is 1. The van der Waals surface area contributed by atoms with Crippen LogP contribution in [-0.2, 0) is 19.1 Å². The van der Waals surface area contributed by atoms with E-state index in [0.717, 1.165) is 0 Å². The van der Waals surface area contributed by atoms with Gasteiger partial charge in [0.15, 0.2) is 6.61 Å². The lowest BCUT2D eigenvalue weighted by Gasteiger charge is -2.17. The SMILES string of the molecule is COc1ccc(N2C[C@H](C(=O)OCC(=O)Nc3ccc(Oc4ccccc4)cc3)CC2=O)cc1. The van der Waals surface area contributed by atoms with Gasteiger partial charge < -0.3 is 24.4 Å². The minimum Gasteiger partial charge on any atom is -0.497 e. The zero-order valence-corrected chi connectivity index (χ0v) is 18.6. The Balaban J connectivity index is 1.24. The van der Waals surface area contributed by atoms with Crippen LogP contribution in [0.2, 0.25) is 0 Å². The van der Waals surface area contributed by atoms with E-state index in [2.05, 4.69) is 5.32 Å². The molecule has 3 aromatic carbocycles. The third-order valence-electron chi connectivity index (χ3n) is 5.30. The van der Waals surface area contributed by atoms with Crippen molar-refractivity contribution >= 4 is 29.2 Å². The van der Waals surface area contributed by atoms with Crippen molar-refractivity contribution in [3.8, 4) is 17.2 Å². The first-order valence-electron chi connectivity index (χ1n) is 10.8. The van der Waals surface area contributed by atoms with Gasteiger partial charge in [0.2, 0.25) is 5.91 Å². The van der Waals surface area contributed by atoms with Crippen LogP contribution >= 0.6 is 0 Å². The number of amides is 2. The second kappa shape index (κ2) is 10.5. The second-order valence-electron chi connectivity index (χ2n) is 7.70. The molecule has 0 bridgehead atoms. The second-order valence-corrected chi connectivity index (χ2v) is 7.70. The molecular weight excluding hydrogens is 436 g/mol. The number of rotatable bonds is 8.